The van der Waals surface area contributed by atoms with Gasteiger partial charge in [0.25, 0.3) is 0 Å². The van der Waals surface area contributed by atoms with Crippen molar-refractivity contribution in [2.24, 2.45) is 23.7 Å². The van der Waals surface area contributed by atoms with Crippen molar-refractivity contribution < 1.29 is 0 Å². The van der Waals surface area contributed by atoms with Crippen molar-refractivity contribution in [1.82, 2.24) is 0 Å². The molecular weight excluding hydrogens is 204 g/mol. The molecule has 2 rings (SSSR count). The van der Waals surface area contributed by atoms with E-state index in [4.69, 9.17) is 11.6 Å². The monoisotopic (exact) mass is 228 g/mol. The first-order valence-electron chi connectivity index (χ1n) is 6.88. The molecule has 2 aliphatic rings. The summed E-state index contributed by atoms with van der Waals surface area (Å²) in [6.45, 7) is 4.76. The van der Waals surface area contributed by atoms with Gasteiger partial charge in [0.1, 0.15) is 0 Å². The van der Waals surface area contributed by atoms with E-state index in [9.17, 15) is 0 Å². The van der Waals surface area contributed by atoms with Crippen LogP contribution in [0.3, 0.4) is 0 Å². The van der Waals surface area contributed by atoms with Crippen LogP contribution in [0, 0.1) is 23.7 Å². The van der Waals surface area contributed by atoms with Crippen LogP contribution in [0.1, 0.15) is 58.8 Å². The zero-order chi connectivity index (χ0) is 10.8. The fourth-order valence-corrected chi connectivity index (χ4v) is 4.37. The van der Waals surface area contributed by atoms with Gasteiger partial charge in [-0.1, -0.05) is 39.5 Å². The average Bonchev–Trinajstić information content (AvgIpc) is 2.60. The summed E-state index contributed by atoms with van der Waals surface area (Å²) in [5.74, 6) is 3.72. The molecule has 5 unspecified atom stereocenters. The zero-order valence-electron chi connectivity index (χ0n) is 10.2. The van der Waals surface area contributed by atoms with Crippen LogP contribution < -0.4 is 0 Å². The number of alkyl halides is 1. The Morgan fingerprint density at radius 2 is 1.73 bits per heavy atom. The summed E-state index contributed by atoms with van der Waals surface area (Å²) in [7, 11) is 0. The number of rotatable bonds is 2. The van der Waals surface area contributed by atoms with Crippen LogP contribution in [0.5, 0.6) is 0 Å². The van der Waals surface area contributed by atoms with Gasteiger partial charge in [0.15, 0.2) is 0 Å². The van der Waals surface area contributed by atoms with E-state index in [1.54, 1.807) is 0 Å². The van der Waals surface area contributed by atoms with E-state index >= 15 is 0 Å². The van der Waals surface area contributed by atoms with Gasteiger partial charge < -0.3 is 0 Å². The van der Waals surface area contributed by atoms with Gasteiger partial charge in [-0.25, -0.2) is 0 Å². The van der Waals surface area contributed by atoms with E-state index in [0.29, 0.717) is 5.38 Å². The zero-order valence-corrected chi connectivity index (χ0v) is 11.0. The predicted octanol–water partition coefficient (Wildman–Crippen LogP) is 4.86. The minimum Gasteiger partial charge on any atom is -0.123 e. The normalized spacial score (nSPS) is 47.0. The topological polar surface area (TPSA) is 0 Å². The molecule has 0 radical (unpaired) electrons. The molecule has 88 valence electrons. The Hall–Kier alpha value is 0.290. The van der Waals surface area contributed by atoms with Crippen LogP contribution in [0.4, 0.5) is 0 Å². The first-order valence-corrected chi connectivity index (χ1v) is 7.31. The van der Waals surface area contributed by atoms with Crippen molar-refractivity contribution in [3.8, 4) is 0 Å². The Kier molecular flexibility index (Phi) is 3.98. The van der Waals surface area contributed by atoms with Crippen molar-refractivity contribution in [2.75, 3.05) is 0 Å². The second-order valence-electron chi connectivity index (χ2n) is 5.73. The van der Waals surface area contributed by atoms with Crippen LogP contribution in [0.15, 0.2) is 0 Å². The molecule has 0 aliphatic heterocycles. The van der Waals surface area contributed by atoms with Gasteiger partial charge in [-0.3, -0.25) is 0 Å². The Morgan fingerprint density at radius 3 is 2.33 bits per heavy atom. The number of hydrogen-bond donors (Lipinski definition) is 0. The lowest BCUT2D eigenvalue weighted by atomic mass is 9.69. The third kappa shape index (κ3) is 2.35. The van der Waals surface area contributed by atoms with Gasteiger partial charge in [0, 0.05) is 5.38 Å². The van der Waals surface area contributed by atoms with Crippen LogP contribution >= 0.6 is 11.6 Å². The molecule has 0 aromatic heterocycles. The van der Waals surface area contributed by atoms with E-state index in [-0.39, 0.29) is 0 Å². The van der Waals surface area contributed by atoms with E-state index in [2.05, 4.69) is 13.8 Å². The standard InChI is InChI=1S/C14H25Cl/c1-3-11-6-4-5-7-13(11)12-8-9-14(15)10(12)2/h10-14H,3-9H2,1-2H3. The highest BCUT2D eigenvalue weighted by atomic mass is 35.5. The summed E-state index contributed by atoms with van der Waals surface area (Å²) in [5.41, 5.74) is 0. The molecule has 0 nitrogen and oxygen atoms in total. The second kappa shape index (κ2) is 5.08. The highest BCUT2D eigenvalue weighted by molar-refractivity contribution is 6.20. The predicted molar refractivity (Wildman–Crippen MR) is 67.3 cm³/mol. The summed E-state index contributed by atoms with van der Waals surface area (Å²) < 4.78 is 0. The Morgan fingerprint density at radius 1 is 1.00 bits per heavy atom. The maximum atomic E-state index is 6.37. The maximum absolute atomic E-state index is 6.37. The molecule has 0 bridgehead atoms. The fraction of sp³-hybridized carbons (Fsp3) is 1.00. The van der Waals surface area contributed by atoms with Gasteiger partial charge in [-0.2, -0.15) is 0 Å². The van der Waals surface area contributed by atoms with E-state index < -0.39 is 0 Å². The molecule has 15 heavy (non-hydrogen) atoms. The van der Waals surface area contributed by atoms with Crippen molar-refractivity contribution in [3.63, 3.8) is 0 Å². The smallest absolute Gasteiger partial charge is 0.0364 e. The highest BCUT2D eigenvalue weighted by Crippen LogP contribution is 2.47. The molecule has 0 heterocycles. The first kappa shape index (κ1) is 11.8. The molecule has 2 fully saturated rings. The molecule has 5 atom stereocenters. The van der Waals surface area contributed by atoms with Gasteiger partial charge >= 0.3 is 0 Å². The van der Waals surface area contributed by atoms with Gasteiger partial charge in [-0.15, -0.1) is 11.6 Å². The molecule has 0 spiro atoms. The van der Waals surface area contributed by atoms with Crippen LogP contribution in [-0.4, -0.2) is 5.38 Å². The maximum Gasteiger partial charge on any atom is 0.0364 e. The van der Waals surface area contributed by atoms with Crippen molar-refractivity contribution in [2.45, 2.75) is 64.2 Å². The summed E-state index contributed by atoms with van der Waals surface area (Å²) in [4.78, 5) is 0. The minimum absolute atomic E-state index is 0.467. The number of halogens is 1. The molecule has 1 heteroatoms. The molecule has 2 aliphatic carbocycles. The Bertz CT molecular complexity index is 202. The molecule has 0 aromatic rings. The molecule has 0 N–H and O–H groups in total. The minimum atomic E-state index is 0.467. The van der Waals surface area contributed by atoms with E-state index in [1.807, 2.05) is 0 Å². The summed E-state index contributed by atoms with van der Waals surface area (Å²) in [5, 5.41) is 0.467. The van der Waals surface area contributed by atoms with Crippen LogP contribution in [0.2, 0.25) is 0 Å². The lowest BCUT2D eigenvalue weighted by molar-refractivity contribution is 0.133. The molecule has 0 amide bonds. The highest BCUT2D eigenvalue weighted by Gasteiger charge is 2.39. The third-order valence-corrected chi connectivity index (χ3v) is 5.68. The first-order chi connectivity index (χ1) is 7.24. The molecule has 0 aromatic carbocycles. The summed E-state index contributed by atoms with van der Waals surface area (Å²) in [6, 6.07) is 0. The van der Waals surface area contributed by atoms with Gasteiger partial charge in [-0.05, 0) is 42.9 Å². The van der Waals surface area contributed by atoms with Gasteiger partial charge in [0.2, 0.25) is 0 Å². The summed E-state index contributed by atoms with van der Waals surface area (Å²) >= 11 is 6.37. The van der Waals surface area contributed by atoms with Crippen LogP contribution in [0.25, 0.3) is 0 Å². The van der Waals surface area contributed by atoms with E-state index in [1.165, 1.54) is 44.9 Å². The number of hydrogen-bond acceptors (Lipinski definition) is 0. The van der Waals surface area contributed by atoms with Crippen molar-refractivity contribution >= 4 is 11.6 Å². The lowest BCUT2D eigenvalue weighted by Gasteiger charge is -2.37. The van der Waals surface area contributed by atoms with Gasteiger partial charge in [0.05, 0.1) is 0 Å². The van der Waals surface area contributed by atoms with Crippen molar-refractivity contribution in [1.29, 1.82) is 0 Å². The molecular formula is C14H25Cl. The molecule has 2 saturated carbocycles. The molecule has 0 saturated heterocycles. The average molecular weight is 229 g/mol. The largest absolute Gasteiger partial charge is 0.123 e. The lowest BCUT2D eigenvalue weighted by Crippen LogP contribution is -2.29. The quantitative estimate of drug-likeness (QED) is 0.593. The van der Waals surface area contributed by atoms with Crippen molar-refractivity contribution in [3.05, 3.63) is 0 Å². The SMILES string of the molecule is CCC1CCCCC1C1CCC(Cl)C1C. The van der Waals surface area contributed by atoms with E-state index in [0.717, 1.165) is 23.7 Å². The summed E-state index contributed by atoms with van der Waals surface area (Å²) in [6.07, 6.45) is 9.96. The Balaban J connectivity index is 2.01. The third-order valence-electron chi connectivity index (χ3n) is 5.06. The van der Waals surface area contributed by atoms with Crippen LogP contribution in [-0.2, 0) is 0 Å². The fourth-order valence-electron chi connectivity index (χ4n) is 4.06. The second-order valence-corrected chi connectivity index (χ2v) is 6.29. The Labute approximate surface area is 99.8 Å².